The number of hydrogen-bond acceptors (Lipinski definition) is 8. The van der Waals surface area contributed by atoms with Gasteiger partial charge in [0.2, 0.25) is 24.1 Å². The molecule has 2 N–H and O–H groups in total. The van der Waals surface area contributed by atoms with Gasteiger partial charge in [-0.05, 0) is 12.1 Å². The van der Waals surface area contributed by atoms with Crippen LogP contribution in [-0.4, -0.2) is 59.0 Å². The fourth-order valence-corrected chi connectivity index (χ4v) is 4.56. The number of nitrogens with one attached hydrogen (secondary N) is 2. The Balaban J connectivity index is 1.77. The zero-order valence-electron chi connectivity index (χ0n) is 17.1. The molecule has 3 aromatic heterocycles. The molecule has 0 aliphatic heterocycles. The monoisotopic (exact) mass is 499 g/mol. The van der Waals surface area contributed by atoms with Crippen molar-refractivity contribution in [2.45, 2.75) is 17.7 Å². The van der Waals surface area contributed by atoms with E-state index in [0.717, 1.165) is 0 Å². The minimum atomic E-state index is -4.24. The number of rotatable bonds is 8. The third-order valence-corrected chi connectivity index (χ3v) is 6.23. The van der Waals surface area contributed by atoms with Crippen molar-refractivity contribution < 1.29 is 26.7 Å². The Morgan fingerprint density at radius 2 is 1.79 bits per heavy atom. The smallest absolute Gasteiger partial charge is 0.266 e. The Morgan fingerprint density at radius 1 is 1.15 bits per heavy atom. The maximum Gasteiger partial charge on any atom is 0.266 e. The van der Waals surface area contributed by atoms with Gasteiger partial charge < -0.3 is 14.5 Å². The van der Waals surface area contributed by atoms with Gasteiger partial charge >= 0.3 is 0 Å². The number of aromatic amines is 1. The number of halogens is 3. The molecule has 1 aromatic carbocycles. The first-order valence-electron chi connectivity index (χ1n) is 9.21. The fraction of sp³-hybridized carbons (Fsp3) is 0.222. The van der Waals surface area contributed by atoms with E-state index in [0.29, 0.717) is 21.6 Å². The molecule has 11 nitrogen and oxygen atoms in total. The summed E-state index contributed by atoms with van der Waals surface area (Å²) in [5.41, 5.74) is 0.648. The zero-order valence-corrected chi connectivity index (χ0v) is 18.7. The van der Waals surface area contributed by atoms with E-state index >= 15 is 0 Å². The van der Waals surface area contributed by atoms with E-state index in [-0.39, 0.29) is 22.2 Å². The summed E-state index contributed by atoms with van der Waals surface area (Å²) in [6.45, 7) is 0. The molecule has 4 rings (SSSR count). The van der Waals surface area contributed by atoms with E-state index in [1.165, 1.54) is 49.7 Å². The second-order valence-electron chi connectivity index (χ2n) is 6.54. The number of aromatic nitrogens is 6. The van der Waals surface area contributed by atoms with E-state index in [1.54, 1.807) is 0 Å². The number of hydrogen-bond donors (Lipinski definition) is 2. The van der Waals surface area contributed by atoms with E-state index in [4.69, 9.17) is 21.1 Å². The number of alkyl halides is 2. The Hall–Kier alpha value is -3.52. The van der Waals surface area contributed by atoms with Gasteiger partial charge in [-0.2, -0.15) is 20.2 Å². The maximum atomic E-state index is 13.1. The van der Waals surface area contributed by atoms with Gasteiger partial charge in [-0.25, -0.2) is 21.9 Å². The second kappa shape index (κ2) is 8.78. The number of H-pyrrole nitrogens is 1. The van der Waals surface area contributed by atoms with Gasteiger partial charge in [0.05, 0.1) is 42.7 Å². The fourth-order valence-electron chi connectivity index (χ4n) is 3.21. The number of ether oxygens (including phenoxy) is 2. The minimum Gasteiger partial charge on any atom is -0.481 e. The zero-order chi connectivity index (χ0) is 23.8. The predicted molar refractivity (Wildman–Crippen MR) is 114 cm³/mol. The largest absolute Gasteiger partial charge is 0.481 e. The van der Waals surface area contributed by atoms with Crippen LogP contribution in [0.15, 0.2) is 35.6 Å². The predicted octanol–water partition coefficient (Wildman–Crippen LogP) is 2.82. The molecular weight excluding hydrogens is 484 g/mol. The standard InChI is InChI=1S/C18H16ClF2N7O4S/c1-31-16-10(7-13(20)21)17(32-2)26-18(25-16)27-33(29,30)12-8-22-14-9(12)3-4-11(19)15(14)28-23-5-6-24-28/h3-6,8,13,22H,7H2,1-2H3,(H,25,26,27). The molecule has 0 atom stereocenters. The van der Waals surface area contributed by atoms with Crippen molar-refractivity contribution in [1.29, 1.82) is 0 Å². The van der Waals surface area contributed by atoms with Crippen molar-refractivity contribution in [3.8, 4) is 17.4 Å². The molecular formula is C18H16ClF2N7O4S. The number of fused-ring (bicyclic) bond motifs is 1. The number of nitrogens with zero attached hydrogens (tertiary/aromatic N) is 5. The highest BCUT2D eigenvalue weighted by Crippen LogP contribution is 2.33. The summed E-state index contributed by atoms with van der Waals surface area (Å²) in [5, 5.41) is 8.67. The number of methoxy groups -OCH3 is 2. The first kappa shape index (κ1) is 22.7. The number of anilines is 1. The molecule has 0 fully saturated rings. The van der Waals surface area contributed by atoms with Crippen molar-refractivity contribution in [3.63, 3.8) is 0 Å². The third-order valence-electron chi connectivity index (χ3n) is 4.55. The van der Waals surface area contributed by atoms with Gasteiger partial charge in [-0.15, -0.1) is 4.80 Å². The molecule has 0 unspecified atom stereocenters. The lowest BCUT2D eigenvalue weighted by Gasteiger charge is -2.14. The Kier molecular flexibility index (Phi) is 6.03. The van der Waals surface area contributed by atoms with Gasteiger partial charge in [-0.3, -0.25) is 0 Å². The van der Waals surface area contributed by atoms with Gasteiger partial charge in [0, 0.05) is 18.0 Å². The summed E-state index contributed by atoms with van der Waals surface area (Å²) in [6, 6.07) is 3.03. The van der Waals surface area contributed by atoms with Crippen LogP contribution in [0, 0.1) is 0 Å². The molecule has 0 bridgehead atoms. The molecule has 174 valence electrons. The summed E-state index contributed by atoms with van der Waals surface area (Å²) < 4.78 is 64.4. The highest BCUT2D eigenvalue weighted by molar-refractivity contribution is 7.93. The minimum absolute atomic E-state index is 0.0870. The van der Waals surface area contributed by atoms with Gasteiger partial charge in [0.25, 0.3) is 10.0 Å². The Labute approximate surface area is 190 Å². The highest BCUT2D eigenvalue weighted by Gasteiger charge is 2.26. The summed E-state index contributed by atoms with van der Waals surface area (Å²) in [6.07, 6.45) is 0.721. The molecule has 33 heavy (non-hydrogen) atoms. The molecule has 0 saturated carbocycles. The van der Waals surface area contributed by atoms with Crippen molar-refractivity contribution in [2.75, 3.05) is 18.9 Å². The van der Waals surface area contributed by atoms with Gasteiger partial charge in [0.1, 0.15) is 10.6 Å². The van der Waals surface area contributed by atoms with Crippen LogP contribution in [0.2, 0.25) is 5.02 Å². The molecule has 0 aliphatic carbocycles. The van der Waals surface area contributed by atoms with Gasteiger partial charge in [0.15, 0.2) is 0 Å². The molecule has 0 amide bonds. The molecule has 0 aliphatic rings. The van der Waals surface area contributed by atoms with Crippen molar-refractivity contribution >= 4 is 38.5 Å². The van der Waals surface area contributed by atoms with Crippen LogP contribution >= 0.6 is 11.6 Å². The lowest BCUT2D eigenvalue weighted by atomic mass is 10.2. The first-order valence-corrected chi connectivity index (χ1v) is 11.1. The normalized spacial score (nSPS) is 11.8. The quantitative estimate of drug-likeness (QED) is 0.377. The van der Waals surface area contributed by atoms with Crippen LogP contribution in [0.25, 0.3) is 16.6 Å². The van der Waals surface area contributed by atoms with Crippen molar-refractivity contribution in [3.05, 3.63) is 41.3 Å². The summed E-state index contributed by atoms with van der Waals surface area (Å²) in [5.74, 6) is -0.894. The average Bonchev–Trinajstić information content (AvgIpc) is 3.44. The Bertz CT molecular complexity index is 1390. The third kappa shape index (κ3) is 4.26. The van der Waals surface area contributed by atoms with Gasteiger partial charge in [-0.1, -0.05) is 11.6 Å². The van der Waals surface area contributed by atoms with Crippen LogP contribution in [0.5, 0.6) is 11.8 Å². The topological polar surface area (TPSA) is 137 Å². The van der Waals surface area contributed by atoms with Crippen molar-refractivity contribution in [1.82, 2.24) is 29.9 Å². The van der Waals surface area contributed by atoms with Crippen LogP contribution in [0.1, 0.15) is 5.56 Å². The maximum absolute atomic E-state index is 13.1. The molecule has 15 heteroatoms. The molecule has 0 radical (unpaired) electrons. The average molecular weight is 500 g/mol. The SMILES string of the molecule is COc1nc(NS(=O)(=O)c2c[nH]c3c(-n4nccn4)c(Cl)ccc23)nc(OC)c1CC(F)F. The lowest BCUT2D eigenvalue weighted by molar-refractivity contribution is 0.146. The molecule has 3 heterocycles. The summed E-state index contributed by atoms with van der Waals surface area (Å²) in [4.78, 5) is 11.8. The Morgan fingerprint density at radius 3 is 2.36 bits per heavy atom. The van der Waals surface area contributed by atoms with Crippen LogP contribution in [-0.2, 0) is 16.4 Å². The first-order chi connectivity index (χ1) is 15.7. The van der Waals surface area contributed by atoms with Crippen LogP contribution < -0.4 is 14.2 Å². The number of sulfonamides is 1. The lowest BCUT2D eigenvalue weighted by Crippen LogP contribution is -2.16. The molecule has 0 spiro atoms. The van der Waals surface area contributed by atoms with E-state index in [2.05, 4.69) is 29.9 Å². The van der Waals surface area contributed by atoms with E-state index < -0.39 is 28.8 Å². The molecule has 4 aromatic rings. The number of benzene rings is 1. The highest BCUT2D eigenvalue weighted by atomic mass is 35.5. The molecule has 0 saturated heterocycles. The van der Waals surface area contributed by atoms with E-state index in [9.17, 15) is 17.2 Å². The van der Waals surface area contributed by atoms with Crippen LogP contribution in [0.4, 0.5) is 14.7 Å². The second-order valence-corrected chi connectivity index (χ2v) is 8.59. The summed E-state index contributed by atoms with van der Waals surface area (Å²) in [7, 11) is -1.82. The summed E-state index contributed by atoms with van der Waals surface area (Å²) >= 11 is 6.28. The van der Waals surface area contributed by atoms with Crippen LogP contribution in [0.3, 0.4) is 0 Å². The van der Waals surface area contributed by atoms with Crippen molar-refractivity contribution in [2.24, 2.45) is 0 Å². The van der Waals surface area contributed by atoms with E-state index in [1.807, 2.05) is 0 Å².